The highest BCUT2D eigenvalue weighted by atomic mass is 15.3. The summed E-state index contributed by atoms with van der Waals surface area (Å²) in [5, 5.41) is 0. The summed E-state index contributed by atoms with van der Waals surface area (Å²) in [6.07, 6.45) is 6.21. The highest BCUT2D eigenvalue weighted by molar-refractivity contribution is 5.33. The van der Waals surface area contributed by atoms with Crippen molar-refractivity contribution in [2.45, 2.75) is 18.9 Å². The van der Waals surface area contributed by atoms with Crippen LogP contribution in [0, 0.1) is 5.92 Å². The third-order valence-corrected chi connectivity index (χ3v) is 3.85. The maximum Gasteiger partial charge on any atom is 0.225 e. The van der Waals surface area contributed by atoms with Crippen LogP contribution in [0.15, 0.2) is 18.5 Å². The molecule has 0 aliphatic carbocycles. The van der Waals surface area contributed by atoms with Gasteiger partial charge in [0.05, 0.1) is 0 Å². The summed E-state index contributed by atoms with van der Waals surface area (Å²) in [6, 6.07) is 2.55. The van der Waals surface area contributed by atoms with Gasteiger partial charge in [-0.3, -0.25) is 0 Å². The molecule has 2 aliphatic heterocycles. The number of rotatable bonds is 1. The Morgan fingerprint density at radius 1 is 1.19 bits per heavy atom. The zero-order chi connectivity index (χ0) is 11.0. The van der Waals surface area contributed by atoms with E-state index in [1.807, 2.05) is 18.5 Å². The third-order valence-electron chi connectivity index (χ3n) is 3.85. The highest BCUT2D eigenvalue weighted by Gasteiger charge is 2.38. The fourth-order valence-corrected chi connectivity index (χ4v) is 3.05. The van der Waals surface area contributed by atoms with Crippen LogP contribution in [-0.4, -0.2) is 47.6 Å². The lowest BCUT2D eigenvalue weighted by Crippen LogP contribution is -2.44. The van der Waals surface area contributed by atoms with Crippen LogP contribution in [0.25, 0.3) is 0 Å². The molecule has 4 nitrogen and oxygen atoms in total. The number of piperidine rings is 1. The van der Waals surface area contributed by atoms with Gasteiger partial charge in [-0.1, -0.05) is 0 Å². The van der Waals surface area contributed by atoms with Crippen LogP contribution >= 0.6 is 0 Å². The van der Waals surface area contributed by atoms with Gasteiger partial charge in [0.15, 0.2) is 0 Å². The Labute approximate surface area is 96.3 Å². The first kappa shape index (κ1) is 10.0. The second-order valence-electron chi connectivity index (χ2n) is 4.91. The molecular formula is C12H18N4. The Balaban J connectivity index is 1.79. The van der Waals surface area contributed by atoms with Crippen molar-refractivity contribution in [3.8, 4) is 0 Å². The Morgan fingerprint density at radius 3 is 2.81 bits per heavy atom. The fraction of sp³-hybridized carbons (Fsp3) is 0.667. The summed E-state index contributed by atoms with van der Waals surface area (Å²) >= 11 is 0. The molecule has 2 aliphatic rings. The van der Waals surface area contributed by atoms with E-state index in [2.05, 4.69) is 26.8 Å². The van der Waals surface area contributed by atoms with E-state index >= 15 is 0 Å². The number of hydrogen-bond acceptors (Lipinski definition) is 4. The number of aromatic nitrogens is 2. The van der Waals surface area contributed by atoms with E-state index in [9.17, 15) is 0 Å². The highest BCUT2D eigenvalue weighted by Crippen LogP contribution is 2.32. The van der Waals surface area contributed by atoms with Crippen molar-refractivity contribution in [1.29, 1.82) is 0 Å². The lowest BCUT2D eigenvalue weighted by Gasteiger charge is -2.36. The van der Waals surface area contributed by atoms with Crippen LogP contribution in [0.4, 0.5) is 5.95 Å². The van der Waals surface area contributed by atoms with Crippen molar-refractivity contribution in [1.82, 2.24) is 14.9 Å². The molecule has 2 atom stereocenters. The summed E-state index contributed by atoms with van der Waals surface area (Å²) in [5.41, 5.74) is 0. The molecule has 2 saturated heterocycles. The smallest absolute Gasteiger partial charge is 0.225 e. The van der Waals surface area contributed by atoms with Gasteiger partial charge in [0.1, 0.15) is 0 Å². The lowest BCUT2D eigenvalue weighted by molar-refractivity contribution is 0.202. The van der Waals surface area contributed by atoms with Gasteiger partial charge in [-0.25, -0.2) is 9.97 Å². The molecule has 0 amide bonds. The van der Waals surface area contributed by atoms with Crippen LogP contribution in [0.2, 0.25) is 0 Å². The van der Waals surface area contributed by atoms with Crippen molar-refractivity contribution in [2.75, 3.05) is 31.6 Å². The zero-order valence-electron chi connectivity index (χ0n) is 9.71. The van der Waals surface area contributed by atoms with Gasteiger partial charge in [-0.15, -0.1) is 0 Å². The van der Waals surface area contributed by atoms with E-state index in [-0.39, 0.29) is 0 Å². The summed E-state index contributed by atoms with van der Waals surface area (Å²) in [6.45, 7) is 3.55. The molecule has 0 radical (unpaired) electrons. The van der Waals surface area contributed by atoms with Crippen molar-refractivity contribution < 1.29 is 0 Å². The van der Waals surface area contributed by atoms with Gasteiger partial charge >= 0.3 is 0 Å². The van der Waals surface area contributed by atoms with Gasteiger partial charge in [0.25, 0.3) is 0 Å². The van der Waals surface area contributed by atoms with Crippen molar-refractivity contribution >= 4 is 5.95 Å². The predicted octanol–water partition coefficient (Wildman–Crippen LogP) is 1.01. The molecule has 4 heteroatoms. The minimum absolute atomic E-state index is 0.665. The molecule has 0 saturated carbocycles. The normalized spacial score (nSPS) is 30.4. The van der Waals surface area contributed by atoms with Crippen LogP contribution < -0.4 is 4.90 Å². The topological polar surface area (TPSA) is 32.3 Å². The van der Waals surface area contributed by atoms with Gasteiger partial charge < -0.3 is 9.80 Å². The molecule has 2 fully saturated rings. The molecular weight excluding hydrogens is 200 g/mol. The standard InChI is InChI=1S/C12H18N4/c1-15-7-4-11-10(9-15)3-8-16(11)12-13-5-2-6-14-12/h2,5-6,10-11H,3-4,7-9H2,1H3/t10-,11?/m1/s1. The van der Waals surface area contributed by atoms with Gasteiger partial charge in [-0.2, -0.15) is 0 Å². The van der Waals surface area contributed by atoms with E-state index in [1.54, 1.807) is 0 Å². The Bertz CT molecular complexity index is 353. The number of anilines is 1. The summed E-state index contributed by atoms with van der Waals surface area (Å²) in [4.78, 5) is 13.6. The van der Waals surface area contributed by atoms with E-state index in [0.717, 1.165) is 18.4 Å². The van der Waals surface area contributed by atoms with Crippen LogP contribution in [0.3, 0.4) is 0 Å². The lowest BCUT2D eigenvalue weighted by atomic mass is 9.93. The van der Waals surface area contributed by atoms with Crippen LogP contribution in [0.5, 0.6) is 0 Å². The Morgan fingerprint density at radius 2 is 2.00 bits per heavy atom. The molecule has 16 heavy (non-hydrogen) atoms. The quantitative estimate of drug-likeness (QED) is 0.704. The average Bonchev–Trinajstić information content (AvgIpc) is 2.73. The van der Waals surface area contributed by atoms with E-state index in [0.29, 0.717) is 6.04 Å². The minimum Gasteiger partial charge on any atom is -0.337 e. The number of nitrogens with zero attached hydrogens (tertiary/aromatic N) is 4. The Kier molecular flexibility index (Phi) is 2.52. The van der Waals surface area contributed by atoms with Gasteiger partial charge in [0.2, 0.25) is 5.95 Å². The van der Waals surface area contributed by atoms with Crippen LogP contribution in [0.1, 0.15) is 12.8 Å². The van der Waals surface area contributed by atoms with Gasteiger partial charge in [0, 0.05) is 31.5 Å². The first-order valence-electron chi connectivity index (χ1n) is 6.07. The van der Waals surface area contributed by atoms with Crippen molar-refractivity contribution in [2.24, 2.45) is 5.92 Å². The number of fused-ring (bicyclic) bond motifs is 1. The Hall–Kier alpha value is -1.16. The fourth-order valence-electron chi connectivity index (χ4n) is 3.05. The summed E-state index contributed by atoms with van der Waals surface area (Å²) < 4.78 is 0. The molecule has 0 bridgehead atoms. The van der Waals surface area contributed by atoms with Gasteiger partial charge in [-0.05, 0) is 38.4 Å². The molecule has 1 unspecified atom stereocenters. The first-order chi connectivity index (χ1) is 7.84. The maximum atomic E-state index is 4.37. The molecule has 3 heterocycles. The monoisotopic (exact) mass is 218 g/mol. The number of likely N-dealkylation sites (tertiary alicyclic amines) is 1. The largest absolute Gasteiger partial charge is 0.337 e. The van der Waals surface area contributed by atoms with Crippen molar-refractivity contribution in [3.63, 3.8) is 0 Å². The summed E-state index contributed by atoms with van der Waals surface area (Å²) in [5.74, 6) is 1.72. The van der Waals surface area contributed by atoms with Crippen molar-refractivity contribution in [3.05, 3.63) is 18.5 Å². The van der Waals surface area contributed by atoms with E-state index in [4.69, 9.17) is 0 Å². The molecule has 1 aromatic rings. The van der Waals surface area contributed by atoms with Crippen LogP contribution in [-0.2, 0) is 0 Å². The summed E-state index contributed by atoms with van der Waals surface area (Å²) in [7, 11) is 2.22. The zero-order valence-corrected chi connectivity index (χ0v) is 9.71. The first-order valence-corrected chi connectivity index (χ1v) is 6.07. The number of hydrogen-bond donors (Lipinski definition) is 0. The second kappa shape index (κ2) is 4.01. The molecule has 3 rings (SSSR count). The van der Waals surface area contributed by atoms with E-state index in [1.165, 1.54) is 25.9 Å². The third kappa shape index (κ3) is 1.67. The predicted molar refractivity (Wildman–Crippen MR) is 63.4 cm³/mol. The maximum absolute atomic E-state index is 4.37. The molecule has 86 valence electrons. The SMILES string of the molecule is CN1CCC2[C@H](CCN2c2ncccn2)C1. The molecule has 0 spiro atoms. The average molecular weight is 218 g/mol. The molecule has 0 aromatic carbocycles. The molecule has 0 N–H and O–H groups in total. The second-order valence-corrected chi connectivity index (χ2v) is 4.91. The minimum atomic E-state index is 0.665. The molecule has 1 aromatic heterocycles. The van der Waals surface area contributed by atoms with E-state index < -0.39 is 0 Å².